The molecule has 2 amide bonds. The zero-order chi connectivity index (χ0) is 16.9. The molecule has 0 saturated heterocycles. The van der Waals surface area contributed by atoms with Crippen molar-refractivity contribution >= 4 is 23.3 Å². The summed E-state index contributed by atoms with van der Waals surface area (Å²) in [5.74, 6) is 1.32. The highest BCUT2D eigenvalue weighted by atomic mass is 16.5. The van der Waals surface area contributed by atoms with E-state index in [4.69, 9.17) is 4.74 Å². The Balaban J connectivity index is 1.65. The van der Waals surface area contributed by atoms with Crippen LogP contribution < -0.4 is 10.6 Å². The van der Waals surface area contributed by atoms with Gasteiger partial charge in [-0.1, -0.05) is 0 Å². The molecule has 2 aromatic rings. The molecule has 0 spiro atoms. The molecule has 0 radical (unpaired) electrons. The quantitative estimate of drug-likeness (QED) is 0.880. The second-order valence-corrected chi connectivity index (χ2v) is 5.68. The average Bonchev–Trinajstić information content (AvgIpc) is 2.99. The molecule has 0 bridgehead atoms. The molecule has 1 aliphatic heterocycles. The number of carbonyl (C=O) groups excluding carboxylic acids is 2. The smallest absolute Gasteiger partial charge is 0.256 e. The van der Waals surface area contributed by atoms with E-state index in [0.29, 0.717) is 11.3 Å². The highest BCUT2D eigenvalue weighted by molar-refractivity contribution is 6.04. The summed E-state index contributed by atoms with van der Waals surface area (Å²) >= 11 is 0. The minimum absolute atomic E-state index is 0.00540. The van der Waals surface area contributed by atoms with E-state index >= 15 is 0 Å². The van der Waals surface area contributed by atoms with Crippen molar-refractivity contribution in [2.24, 2.45) is 0 Å². The van der Waals surface area contributed by atoms with E-state index in [1.165, 1.54) is 7.11 Å². The second kappa shape index (κ2) is 7.27. The number of ether oxygens (including phenoxy) is 1. The lowest BCUT2D eigenvalue weighted by atomic mass is 10.1. The highest BCUT2D eigenvalue weighted by Crippen LogP contribution is 2.20. The Kier molecular flexibility index (Phi) is 4.90. The maximum Gasteiger partial charge on any atom is 0.256 e. The monoisotopic (exact) mass is 328 g/mol. The average molecular weight is 328 g/mol. The summed E-state index contributed by atoms with van der Waals surface area (Å²) in [7, 11) is 1.46. The molecule has 2 N–H and O–H groups in total. The summed E-state index contributed by atoms with van der Waals surface area (Å²) in [6.07, 6.45) is 4.90. The van der Waals surface area contributed by atoms with E-state index in [1.807, 2.05) is 0 Å². The van der Waals surface area contributed by atoms with Gasteiger partial charge in [0.2, 0.25) is 5.91 Å². The van der Waals surface area contributed by atoms with Crippen LogP contribution in [0.15, 0.2) is 30.5 Å². The molecule has 0 fully saturated rings. The van der Waals surface area contributed by atoms with Crippen molar-refractivity contribution in [2.45, 2.75) is 25.8 Å². The first-order chi connectivity index (χ1) is 11.7. The highest BCUT2D eigenvalue weighted by Gasteiger charge is 2.16. The number of aromatic nitrogens is 2. The maximum atomic E-state index is 12.4. The fourth-order valence-corrected chi connectivity index (χ4v) is 2.74. The molecule has 0 unspecified atom stereocenters. The van der Waals surface area contributed by atoms with Crippen LogP contribution in [0.4, 0.5) is 11.5 Å². The zero-order valence-electron chi connectivity index (χ0n) is 13.5. The summed E-state index contributed by atoms with van der Waals surface area (Å²) in [6.45, 7) is 0.879. The third kappa shape index (κ3) is 3.62. The number of anilines is 2. The van der Waals surface area contributed by atoms with E-state index < -0.39 is 0 Å². The molecule has 0 atom stereocenters. The first-order valence-corrected chi connectivity index (χ1v) is 7.92. The van der Waals surface area contributed by atoms with Crippen LogP contribution >= 0.6 is 0 Å². The number of nitrogens with one attached hydrogen (secondary N) is 2. The fraction of sp³-hybridized carbons (Fsp3) is 0.353. The van der Waals surface area contributed by atoms with Crippen LogP contribution in [-0.4, -0.2) is 35.1 Å². The van der Waals surface area contributed by atoms with Gasteiger partial charge in [0.15, 0.2) is 0 Å². The maximum absolute atomic E-state index is 12.4. The lowest BCUT2D eigenvalue weighted by Gasteiger charge is -2.16. The molecule has 1 aliphatic rings. The Morgan fingerprint density at radius 3 is 2.75 bits per heavy atom. The molecular weight excluding hydrogens is 308 g/mol. The number of nitrogens with zero attached hydrogens (tertiary/aromatic N) is 2. The van der Waals surface area contributed by atoms with Gasteiger partial charge in [-0.2, -0.15) is 0 Å². The van der Waals surface area contributed by atoms with Crippen molar-refractivity contribution in [3.63, 3.8) is 0 Å². The summed E-state index contributed by atoms with van der Waals surface area (Å²) < 4.78 is 6.81. The van der Waals surface area contributed by atoms with Crippen LogP contribution in [0, 0.1) is 0 Å². The first kappa shape index (κ1) is 16.2. The van der Waals surface area contributed by atoms with Crippen LogP contribution in [0.5, 0.6) is 0 Å². The normalized spacial score (nSPS) is 13.2. The number of hydrogen-bond acceptors (Lipinski definition) is 4. The summed E-state index contributed by atoms with van der Waals surface area (Å²) in [6, 6.07) is 6.72. The Labute approximate surface area is 140 Å². The third-order valence-electron chi connectivity index (χ3n) is 3.92. The molecule has 0 saturated carbocycles. The zero-order valence-corrected chi connectivity index (χ0v) is 13.5. The van der Waals surface area contributed by atoms with E-state index in [2.05, 4.69) is 20.2 Å². The number of rotatable bonds is 5. The van der Waals surface area contributed by atoms with Gasteiger partial charge in [-0.3, -0.25) is 9.59 Å². The molecule has 1 aromatic heterocycles. The number of imidazole rings is 1. The summed E-state index contributed by atoms with van der Waals surface area (Å²) in [5.41, 5.74) is 1.14. The molecule has 0 aliphatic carbocycles. The van der Waals surface area contributed by atoms with E-state index in [-0.39, 0.29) is 18.4 Å². The van der Waals surface area contributed by atoms with Crippen molar-refractivity contribution < 1.29 is 14.3 Å². The SMILES string of the molecule is COCC(=O)Nc1ccc(C(=O)Nc2cnc3n2CCCC3)cc1. The van der Waals surface area contributed by atoms with Crippen LogP contribution in [-0.2, 0) is 22.5 Å². The Morgan fingerprint density at radius 2 is 2.00 bits per heavy atom. The molecule has 7 heteroatoms. The lowest BCUT2D eigenvalue weighted by Crippen LogP contribution is -2.19. The molecule has 24 heavy (non-hydrogen) atoms. The molecular formula is C17H20N4O3. The lowest BCUT2D eigenvalue weighted by molar-refractivity contribution is -0.119. The van der Waals surface area contributed by atoms with Gasteiger partial charge < -0.3 is 19.9 Å². The van der Waals surface area contributed by atoms with E-state index in [0.717, 1.165) is 37.4 Å². The number of fused-ring (bicyclic) bond motifs is 1. The van der Waals surface area contributed by atoms with Gasteiger partial charge in [0, 0.05) is 31.3 Å². The van der Waals surface area contributed by atoms with Crippen LogP contribution in [0.1, 0.15) is 29.0 Å². The van der Waals surface area contributed by atoms with Gasteiger partial charge in [0.1, 0.15) is 18.2 Å². The topological polar surface area (TPSA) is 85.2 Å². The molecule has 2 heterocycles. The van der Waals surface area contributed by atoms with Crippen LogP contribution in [0.25, 0.3) is 0 Å². The molecule has 3 rings (SSSR count). The summed E-state index contributed by atoms with van der Waals surface area (Å²) in [5, 5.41) is 5.59. The van der Waals surface area contributed by atoms with Gasteiger partial charge in [-0.25, -0.2) is 4.98 Å². The molecule has 126 valence electrons. The van der Waals surface area contributed by atoms with Crippen LogP contribution in [0.3, 0.4) is 0 Å². The molecule has 7 nitrogen and oxygen atoms in total. The van der Waals surface area contributed by atoms with E-state index in [1.54, 1.807) is 30.5 Å². The fourth-order valence-electron chi connectivity index (χ4n) is 2.74. The number of carbonyl (C=O) groups is 2. The van der Waals surface area contributed by atoms with Gasteiger partial charge in [-0.15, -0.1) is 0 Å². The van der Waals surface area contributed by atoms with Gasteiger partial charge in [0.25, 0.3) is 5.91 Å². The van der Waals surface area contributed by atoms with Crippen molar-refractivity contribution in [2.75, 3.05) is 24.4 Å². The first-order valence-electron chi connectivity index (χ1n) is 7.92. The predicted molar refractivity (Wildman–Crippen MR) is 90.1 cm³/mol. The van der Waals surface area contributed by atoms with Gasteiger partial charge in [-0.05, 0) is 37.1 Å². The van der Waals surface area contributed by atoms with Gasteiger partial charge in [0.05, 0.1) is 6.20 Å². The number of hydrogen-bond donors (Lipinski definition) is 2. The van der Waals surface area contributed by atoms with Crippen molar-refractivity contribution in [3.05, 3.63) is 41.9 Å². The Bertz CT molecular complexity index is 737. The minimum atomic E-state index is -0.236. The number of methoxy groups -OCH3 is 1. The van der Waals surface area contributed by atoms with E-state index in [9.17, 15) is 9.59 Å². The Morgan fingerprint density at radius 1 is 1.21 bits per heavy atom. The van der Waals surface area contributed by atoms with Crippen molar-refractivity contribution in [1.29, 1.82) is 0 Å². The third-order valence-corrected chi connectivity index (χ3v) is 3.92. The van der Waals surface area contributed by atoms with Crippen LogP contribution in [0.2, 0.25) is 0 Å². The predicted octanol–water partition coefficient (Wildman–Crippen LogP) is 2.06. The standard InChI is InChI=1S/C17H20N4O3/c1-24-11-16(22)19-13-7-5-12(6-8-13)17(23)20-15-10-18-14-4-2-3-9-21(14)15/h5-8,10H,2-4,9,11H2,1H3,(H,19,22)(H,20,23). The number of amides is 2. The minimum Gasteiger partial charge on any atom is -0.375 e. The van der Waals surface area contributed by atoms with Crippen molar-refractivity contribution in [1.82, 2.24) is 9.55 Å². The summed E-state index contributed by atoms with van der Waals surface area (Å²) in [4.78, 5) is 28.2. The largest absolute Gasteiger partial charge is 0.375 e. The van der Waals surface area contributed by atoms with Crippen molar-refractivity contribution in [3.8, 4) is 0 Å². The Hall–Kier alpha value is -2.67. The van der Waals surface area contributed by atoms with Gasteiger partial charge >= 0.3 is 0 Å². The second-order valence-electron chi connectivity index (χ2n) is 5.68. The molecule has 1 aromatic carbocycles. The number of aryl methyl sites for hydroxylation is 1. The number of benzene rings is 1.